The van der Waals surface area contributed by atoms with E-state index >= 15 is 0 Å². The van der Waals surface area contributed by atoms with Gasteiger partial charge in [0, 0.05) is 6.54 Å². The number of hydrogen-bond donors (Lipinski definition) is 3. The summed E-state index contributed by atoms with van der Waals surface area (Å²) >= 11 is 0. The highest BCUT2D eigenvalue weighted by Crippen LogP contribution is 2.27. The van der Waals surface area contributed by atoms with Crippen LogP contribution in [0.3, 0.4) is 0 Å². The number of nitrogens with two attached hydrogens (primary N) is 1. The van der Waals surface area contributed by atoms with Crippen molar-refractivity contribution in [3.8, 4) is 0 Å². The van der Waals surface area contributed by atoms with Crippen molar-refractivity contribution in [1.82, 2.24) is 5.32 Å². The molecular weight excluding hydrogens is 260 g/mol. The molecule has 3 unspecified atom stereocenters. The minimum atomic E-state index is -0.946. The molecule has 1 heterocycles. The Labute approximate surface area is 119 Å². The zero-order chi connectivity index (χ0) is 14.5. The van der Waals surface area contributed by atoms with Gasteiger partial charge in [0.15, 0.2) is 0 Å². The standard InChI is InChI=1S/C14H24N2O4/c15-8-10-6-7-11(20-10)13(17)16-12(14(18)19)9-4-2-1-3-5-9/h9-12H,1-8,15H2,(H,16,17)(H,18,19). The normalized spacial score (nSPS) is 29.1. The van der Waals surface area contributed by atoms with E-state index in [0.717, 1.165) is 38.5 Å². The van der Waals surface area contributed by atoms with E-state index in [1.54, 1.807) is 0 Å². The summed E-state index contributed by atoms with van der Waals surface area (Å²) in [6.07, 6.45) is 5.72. The molecule has 0 aromatic carbocycles. The number of carbonyl (C=O) groups excluding carboxylic acids is 1. The Hall–Kier alpha value is -1.14. The number of amides is 1. The van der Waals surface area contributed by atoms with Crippen LogP contribution in [-0.2, 0) is 14.3 Å². The Morgan fingerprint density at radius 3 is 2.45 bits per heavy atom. The lowest BCUT2D eigenvalue weighted by Gasteiger charge is -2.28. The molecule has 0 radical (unpaired) electrons. The monoisotopic (exact) mass is 284 g/mol. The number of carboxylic acids is 1. The lowest BCUT2D eigenvalue weighted by Crippen LogP contribution is -2.49. The number of nitrogens with one attached hydrogen (secondary N) is 1. The van der Waals surface area contributed by atoms with Crippen molar-refractivity contribution >= 4 is 11.9 Å². The van der Waals surface area contributed by atoms with Gasteiger partial charge in [-0.3, -0.25) is 4.79 Å². The van der Waals surface area contributed by atoms with Crippen LogP contribution in [0.2, 0.25) is 0 Å². The van der Waals surface area contributed by atoms with Gasteiger partial charge in [-0.2, -0.15) is 0 Å². The highest BCUT2D eigenvalue weighted by atomic mass is 16.5. The first-order valence-corrected chi connectivity index (χ1v) is 7.50. The van der Waals surface area contributed by atoms with Crippen LogP contribution in [0.25, 0.3) is 0 Å². The van der Waals surface area contributed by atoms with Crippen molar-refractivity contribution < 1.29 is 19.4 Å². The molecule has 6 heteroatoms. The predicted octanol–water partition coefficient (Wildman–Crippen LogP) is 0.642. The third-order valence-electron chi connectivity index (χ3n) is 4.35. The van der Waals surface area contributed by atoms with Gasteiger partial charge in [-0.05, 0) is 31.6 Å². The topological polar surface area (TPSA) is 102 Å². The molecule has 1 amide bonds. The van der Waals surface area contributed by atoms with Crippen molar-refractivity contribution in [2.45, 2.75) is 63.2 Å². The number of rotatable bonds is 5. The number of hydrogen-bond acceptors (Lipinski definition) is 4. The van der Waals surface area contributed by atoms with Crippen molar-refractivity contribution in [1.29, 1.82) is 0 Å². The van der Waals surface area contributed by atoms with Gasteiger partial charge in [-0.25, -0.2) is 4.79 Å². The van der Waals surface area contributed by atoms with Gasteiger partial charge in [0.1, 0.15) is 12.1 Å². The highest BCUT2D eigenvalue weighted by Gasteiger charge is 2.35. The molecule has 1 saturated heterocycles. The van der Waals surface area contributed by atoms with Crippen LogP contribution < -0.4 is 11.1 Å². The van der Waals surface area contributed by atoms with Crippen molar-refractivity contribution in [2.24, 2.45) is 11.7 Å². The van der Waals surface area contributed by atoms with Crippen LogP contribution in [-0.4, -0.2) is 41.8 Å². The maximum atomic E-state index is 12.1. The van der Waals surface area contributed by atoms with Crippen molar-refractivity contribution in [2.75, 3.05) is 6.54 Å². The maximum absolute atomic E-state index is 12.1. The second kappa shape index (κ2) is 7.04. The molecule has 2 rings (SSSR count). The van der Waals surface area contributed by atoms with Gasteiger partial charge in [0.05, 0.1) is 6.10 Å². The first-order chi connectivity index (χ1) is 9.61. The zero-order valence-corrected chi connectivity index (χ0v) is 11.7. The van der Waals surface area contributed by atoms with Gasteiger partial charge < -0.3 is 20.9 Å². The Morgan fingerprint density at radius 2 is 1.90 bits per heavy atom. The first-order valence-electron chi connectivity index (χ1n) is 7.50. The van der Waals surface area contributed by atoms with Crippen LogP contribution in [0.4, 0.5) is 0 Å². The van der Waals surface area contributed by atoms with E-state index in [-0.39, 0.29) is 17.9 Å². The average molecular weight is 284 g/mol. The molecule has 1 aliphatic heterocycles. The van der Waals surface area contributed by atoms with E-state index in [0.29, 0.717) is 13.0 Å². The summed E-state index contributed by atoms with van der Waals surface area (Å²) in [6, 6.07) is -0.789. The molecule has 4 N–H and O–H groups in total. The maximum Gasteiger partial charge on any atom is 0.326 e. The third kappa shape index (κ3) is 3.70. The molecule has 0 aromatic rings. The smallest absolute Gasteiger partial charge is 0.326 e. The second-order valence-corrected chi connectivity index (χ2v) is 5.78. The fraction of sp³-hybridized carbons (Fsp3) is 0.857. The lowest BCUT2D eigenvalue weighted by atomic mass is 9.84. The van der Waals surface area contributed by atoms with E-state index in [4.69, 9.17) is 10.5 Å². The molecule has 20 heavy (non-hydrogen) atoms. The molecule has 0 aromatic heterocycles. The average Bonchev–Trinajstić information content (AvgIpc) is 2.94. The van der Waals surface area contributed by atoms with Gasteiger partial charge in [-0.1, -0.05) is 19.3 Å². The SMILES string of the molecule is NCC1CCC(C(=O)NC(C(=O)O)C2CCCCC2)O1. The fourth-order valence-electron chi connectivity index (χ4n) is 3.17. The minimum absolute atomic E-state index is 0.0388. The van der Waals surface area contributed by atoms with Crippen LogP contribution >= 0.6 is 0 Å². The van der Waals surface area contributed by atoms with Gasteiger partial charge >= 0.3 is 5.97 Å². The third-order valence-corrected chi connectivity index (χ3v) is 4.35. The molecule has 1 aliphatic carbocycles. The summed E-state index contributed by atoms with van der Waals surface area (Å²) in [5, 5.41) is 12.0. The van der Waals surface area contributed by atoms with Crippen LogP contribution in [0.1, 0.15) is 44.9 Å². The van der Waals surface area contributed by atoms with E-state index in [9.17, 15) is 14.7 Å². The zero-order valence-electron chi connectivity index (χ0n) is 11.7. The van der Waals surface area contributed by atoms with Crippen molar-refractivity contribution in [3.63, 3.8) is 0 Å². The Kier molecular flexibility index (Phi) is 5.37. The van der Waals surface area contributed by atoms with Gasteiger partial charge in [-0.15, -0.1) is 0 Å². The molecule has 6 nitrogen and oxygen atoms in total. The Balaban J connectivity index is 1.90. The Bertz CT molecular complexity index is 355. The second-order valence-electron chi connectivity index (χ2n) is 5.78. The van der Waals surface area contributed by atoms with Crippen LogP contribution in [0, 0.1) is 5.92 Å². The van der Waals surface area contributed by atoms with E-state index < -0.39 is 18.1 Å². The summed E-state index contributed by atoms with van der Waals surface area (Å²) in [6.45, 7) is 0.398. The summed E-state index contributed by atoms with van der Waals surface area (Å²) in [7, 11) is 0. The molecular formula is C14H24N2O4. The largest absolute Gasteiger partial charge is 0.480 e. The summed E-state index contributed by atoms with van der Waals surface area (Å²) in [4.78, 5) is 23.5. The van der Waals surface area contributed by atoms with Crippen LogP contribution in [0.15, 0.2) is 0 Å². The number of carboxylic acid groups (broad SMARTS) is 1. The minimum Gasteiger partial charge on any atom is -0.480 e. The molecule has 3 atom stereocenters. The molecule has 114 valence electrons. The quantitative estimate of drug-likeness (QED) is 0.687. The predicted molar refractivity (Wildman–Crippen MR) is 73.1 cm³/mol. The summed E-state index contributed by atoms with van der Waals surface area (Å²) < 4.78 is 5.51. The van der Waals surface area contributed by atoms with Crippen molar-refractivity contribution in [3.05, 3.63) is 0 Å². The Morgan fingerprint density at radius 1 is 1.20 bits per heavy atom. The van der Waals surface area contributed by atoms with E-state index in [1.807, 2.05) is 0 Å². The van der Waals surface area contributed by atoms with E-state index in [2.05, 4.69) is 5.32 Å². The lowest BCUT2D eigenvalue weighted by molar-refractivity contribution is -0.146. The fourth-order valence-corrected chi connectivity index (χ4v) is 3.17. The molecule has 1 saturated carbocycles. The van der Waals surface area contributed by atoms with Gasteiger partial charge in [0.25, 0.3) is 0 Å². The van der Waals surface area contributed by atoms with Gasteiger partial charge in [0.2, 0.25) is 5.91 Å². The summed E-state index contributed by atoms with van der Waals surface area (Å²) in [5.41, 5.74) is 5.51. The summed E-state index contributed by atoms with van der Waals surface area (Å²) in [5.74, 6) is -1.21. The molecule has 2 aliphatic rings. The van der Waals surface area contributed by atoms with E-state index in [1.165, 1.54) is 0 Å². The molecule has 0 bridgehead atoms. The number of ether oxygens (including phenoxy) is 1. The first kappa shape index (κ1) is 15.3. The molecule has 0 spiro atoms. The number of aliphatic carboxylic acids is 1. The van der Waals surface area contributed by atoms with Crippen LogP contribution in [0.5, 0.6) is 0 Å². The molecule has 2 fully saturated rings. The number of carbonyl (C=O) groups is 2. The highest BCUT2D eigenvalue weighted by molar-refractivity contribution is 5.86.